The van der Waals surface area contributed by atoms with E-state index in [0.717, 1.165) is 22.7 Å². The van der Waals surface area contributed by atoms with Gasteiger partial charge in [-0.2, -0.15) is 4.57 Å². The van der Waals surface area contributed by atoms with Crippen molar-refractivity contribution in [3.8, 4) is 22.7 Å². The zero-order valence-corrected chi connectivity index (χ0v) is 16.1. The molecule has 4 aromatic rings. The van der Waals surface area contributed by atoms with Gasteiger partial charge in [0.05, 0.1) is 18.5 Å². The fourth-order valence-corrected chi connectivity index (χ4v) is 4.09. The summed E-state index contributed by atoms with van der Waals surface area (Å²) in [7, 11) is 1.86. The van der Waals surface area contributed by atoms with Gasteiger partial charge in [-0.05, 0) is 41.2 Å². The van der Waals surface area contributed by atoms with Crippen molar-refractivity contribution in [2.24, 2.45) is 0 Å². The van der Waals surface area contributed by atoms with Crippen LogP contribution in [0.5, 0.6) is 5.88 Å². The predicted molar refractivity (Wildman–Crippen MR) is 112 cm³/mol. The molecule has 0 spiro atoms. The average Bonchev–Trinajstić information content (AvgIpc) is 2.75. The molecule has 1 aromatic heterocycles. The Morgan fingerprint density at radius 2 is 1.36 bits per heavy atom. The van der Waals surface area contributed by atoms with Crippen LogP contribution in [0.1, 0.15) is 0 Å². The lowest BCUT2D eigenvalue weighted by Gasteiger charge is -2.21. The van der Waals surface area contributed by atoms with Crippen LogP contribution in [-0.4, -0.2) is 7.05 Å². The van der Waals surface area contributed by atoms with Crippen molar-refractivity contribution < 1.29 is 9.67 Å². The van der Waals surface area contributed by atoms with Gasteiger partial charge in [-0.25, -0.2) is 4.90 Å². The van der Waals surface area contributed by atoms with Crippen LogP contribution in [0, 0.1) is 0 Å². The Hall–Kier alpha value is -3.44. The van der Waals surface area contributed by atoms with Gasteiger partial charge in [0.2, 0.25) is 4.74 Å². The minimum atomic E-state index is -0.320. The topological polar surface area (TPSA) is 47.3 Å². The SMILES string of the molecule is CN(c1ccccc1)c1sc(=O)c(-c2ccccc2)c([O-])[n+]1-c1ccccc1. The molecule has 0 aliphatic carbocycles. The van der Waals surface area contributed by atoms with Gasteiger partial charge in [-0.15, -0.1) is 0 Å². The Labute approximate surface area is 167 Å². The van der Waals surface area contributed by atoms with Crippen LogP contribution in [0.3, 0.4) is 0 Å². The molecule has 138 valence electrons. The molecule has 28 heavy (non-hydrogen) atoms. The number of hydrogen-bond acceptors (Lipinski definition) is 4. The molecule has 0 N–H and O–H groups in total. The lowest BCUT2D eigenvalue weighted by molar-refractivity contribution is -0.636. The molecule has 0 aliphatic heterocycles. The first kappa shape index (κ1) is 17.9. The van der Waals surface area contributed by atoms with Crippen molar-refractivity contribution >= 4 is 22.2 Å². The van der Waals surface area contributed by atoms with Crippen LogP contribution in [0.2, 0.25) is 0 Å². The lowest BCUT2D eigenvalue weighted by Crippen LogP contribution is -2.41. The second kappa shape index (κ2) is 7.66. The fourth-order valence-electron chi connectivity index (χ4n) is 3.10. The molecule has 0 amide bonds. The molecule has 0 atom stereocenters. The second-order valence-electron chi connectivity index (χ2n) is 6.28. The van der Waals surface area contributed by atoms with E-state index < -0.39 is 0 Å². The number of para-hydroxylation sites is 2. The number of anilines is 2. The minimum absolute atomic E-state index is 0.194. The summed E-state index contributed by atoms with van der Waals surface area (Å²) in [6.45, 7) is 0. The highest BCUT2D eigenvalue weighted by Crippen LogP contribution is 2.29. The smallest absolute Gasteiger partial charge is 0.349 e. The molecule has 3 aromatic carbocycles. The van der Waals surface area contributed by atoms with Crippen molar-refractivity contribution in [1.29, 1.82) is 0 Å². The van der Waals surface area contributed by atoms with Crippen LogP contribution < -0.4 is 19.3 Å². The number of nitrogens with zero attached hydrogens (tertiary/aromatic N) is 2. The normalized spacial score (nSPS) is 10.6. The van der Waals surface area contributed by atoms with Gasteiger partial charge in [0.15, 0.2) is 0 Å². The highest BCUT2D eigenvalue weighted by molar-refractivity contribution is 7.13. The number of aromatic nitrogens is 1. The van der Waals surface area contributed by atoms with Crippen LogP contribution >= 0.6 is 11.3 Å². The maximum atomic E-state index is 13.5. The first-order valence-corrected chi connectivity index (χ1v) is 9.68. The Morgan fingerprint density at radius 3 is 1.96 bits per heavy atom. The highest BCUT2D eigenvalue weighted by atomic mass is 32.1. The standard InChI is InChI=1S/C23H18N2O2S/c1-24(18-13-7-3-8-14-18)23-25(19-15-9-4-10-16-19)21(26)20(22(27)28-23)17-11-5-2-6-12-17/h2-16H,1H3. The van der Waals surface area contributed by atoms with E-state index in [1.54, 1.807) is 16.7 Å². The van der Waals surface area contributed by atoms with Gasteiger partial charge in [-0.3, -0.25) is 4.79 Å². The van der Waals surface area contributed by atoms with E-state index in [0.29, 0.717) is 10.7 Å². The van der Waals surface area contributed by atoms with E-state index in [-0.39, 0.29) is 16.2 Å². The van der Waals surface area contributed by atoms with E-state index >= 15 is 0 Å². The van der Waals surface area contributed by atoms with Crippen LogP contribution in [0.15, 0.2) is 95.8 Å². The average molecular weight is 386 g/mol. The van der Waals surface area contributed by atoms with E-state index in [1.807, 2.05) is 90.8 Å². The molecule has 0 saturated carbocycles. The van der Waals surface area contributed by atoms with Crippen molar-refractivity contribution in [1.82, 2.24) is 0 Å². The van der Waals surface area contributed by atoms with Gasteiger partial charge in [0.25, 0.3) is 0 Å². The third-order valence-electron chi connectivity index (χ3n) is 4.50. The summed E-state index contributed by atoms with van der Waals surface area (Å²) in [6.07, 6.45) is 0. The zero-order chi connectivity index (χ0) is 19.5. The summed E-state index contributed by atoms with van der Waals surface area (Å²) in [5.41, 5.74) is 2.44. The number of benzene rings is 3. The maximum Gasteiger partial charge on any atom is 0.349 e. The summed E-state index contributed by atoms with van der Waals surface area (Å²) >= 11 is 1.07. The van der Waals surface area contributed by atoms with Crippen molar-refractivity contribution in [2.45, 2.75) is 0 Å². The molecule has 0 fully saturated rings. The first-order chi connectivity index (χ1) is 13.7. The van der Waals surface area contributed by atoms with Crippen molar-refractivity contribution in [3.05, 3.63) is 101 Å². The summed E-state index contributed by atoms with van der Waals surface area (Å²) in [5, 5.41) is 14.1. The lowest BCUT2D eigenvalue weighted by atomic mass is 10.1. The van der Waals surface area contributed by atoms with Gasteiger partial charge in [0, 0.05) is 0 Å². The summed E-state index contributed by atoms with van der Waals surface area (Å²) in [4.78, 5) is 14.8. The molecule has 0 aliphatic rings. The second-order valence-corrected chi connectivity index (χ2v) is 7.22. The van der Waals surface area contributed by atoms with Gasteiger partial charge >= 0.3 is 5.13 Å². The molecule has 0 saturated heterocycles. The quantitative estimate of drug-likeness (QED) is 0.500. The Balaban J connectivity index is 2.00. The molecule has 4 rings (SSSR count). The Kier molecular flexibility index (Phi) is 4.91. The first-order valence-electron chi connectivity index (χ1n) is 8.86. The maximum absolute atomic E-state index is 13.5. The Bertz CT molecular complexity index is 1140. The van der Waals surface area contributed by atoms with E-state index in [9.17, 15) is 9.90 Å². The van der Waals surface area contributed by atoms with Crippen molar-refractivity contribution in [3.63, 3.8) is 0 Å². The molecule has 5 heteroatoms. The van der Waals surface area contributed by atoms with E-state index in [4.69, 9.17) is 0 Å². The van der Waals surface area contributed by atoms with E-state index in [1.165, 1.54) is 0 Å². The zero-order valence-electron chi connectivity index (χ0n) is 15.3. The number of hydrogen-bond donors (Lipinski definition) is 0. The highest BCUT2D eigenvalue weighted by Gasteiger charge is 2.25. The largest absolute Gasteiger partial charge is 0.841 e. The Morgan fingerprint density at radius 1 is 0.821 bits per heavy atom. The third kappa shape index (κ3) is 3.28. The predicted octanol–water partition coefficient (Wildman–Crippen LogP) is 3.89. The molecule has 1 heterocycles. The molecular weight excluding hydrogens is 368 g/mol. The van der Waals surface area contributed by atoms with Gasteiger partial charge < -0.3 is 5.11 Å². The summed E-state index contributed by atoms with van der Waals surface area (Å²) in [5.74, 6) is -0.320. The molecule has 4 nitrogen and oxygen atoms in total. The molecule has 0 unspecified atom stereocenters. The minimum Gasteiger partial charge on any atom is -0.841 e. The van der Waals surface area contributed by atoms with Gasteiger partial charge in [0.1, 0.15) is 11.4 Å². The van der Waals surface area contributed by atoms with Crippen LogP contribution in [0.25, 0.3) is 16.8 Å². The monoisotopic (exact) mass is 386 g/mol. The van der Waals surface area contributed by atoms with Crippen LogP contribution in [-0.2, 0) is 0 Å². The van der Waals surface area contributed by atoms with Crippen LogP contribution in [0.4, 0.5) is 10.8 Å². The van der Waals surface area contributed by atoms with Gasteiger partial charge in [-0.1, -0.05) is 66.7 Å². The van der Waals surface area contributed by atoms with Crippen molar-refractivity contribution in [2.75, 3.05) is 11.9 Å². The molecular formula is C23H18N2O2S. The molecule has 0 radical (unpaired) electrons. The summed E-state index contributed by atoms with van der Waals surface area (Å²) in [6, 6.07) is 28.2. The fraction of sp³-hybridized carbons (Fsp3) is 0.0435. The molecule has 0 bridgehead atoms. The van der Waals surface area contributed by atoms with E-state index in [2.05, 4.69) is 0 Å². The third-order valence-corrected chi connectivity index (χ3v) is 5.53. The summed E-state index contributed by atoms with van der Waals surface area (Å²) < 4.78 is 1.36. The number of rotatable bonds is 4.